The second-order valence-electron chi connectivity index (χ2n) is 4.07. The molecule has 0 saturated heterocycles. The van der Waals surface area contributed by atoms with E-state index in [0.717, 1.165) is 16.9 Å². The van der Waals surface area contributed by atoms with Crippen LogP contribution in [0.4, 0.5) is 4.39 Å². The van der Waals surface area contributed by atoms with Crippen LogP contribution in [0.2, 0.25) is 0 Å². The number of hydrogen-bond donors (Lipinski definition) is 0. The van der Waals surface area contributed by atoms with Crippen LogP contribution in [0.3, 0.4) is 0 Å². The average molecular weight is 265 g/mol. The SMILES string of the molecule is COc1ccc(CC(Cl)c2ccc(F)cc2)cc1. The second-order valence-corrected chi connectivity index (χ2v) is 4.60. The molecule has 0 aliphatic heterocycles. The molecule has 0 saturated carbocycles. The topological polar surface area (TPSA) is 9.23 Å². The van der Waals surface area contributed by atoms with Crippen molar-refractivity contribution in [3.8, 4) is 5.75 Å². The van der Waals surface area contributed by atoms with Gasteiger partial charge in [0.1, 0.15) is 11.6 Å². The van der Waals surface area contributed by atoms with Gasteiger partial charge in [-0.2, -0.15) is 0 Å². The molecule has 0 aliphatic carbocycles. The van der Waals surface area contributed by atoms with E-state index in [-0.39, 0.29) is 11.2 Å². The first kappa shape index (κ1) is 12.9. The molecule has 2 rings (SSSR count). The van der Waals surface area contributed by atoms with Crippen LogP contribution in [0, 0.1) is 5.82 Å². The lowest BCUT2D eigenvalue weighted by Gasteiger charge is -2.10. The first-order valence-corrected chi connectivity index (χ1v) is 6.15. The van der Waals surface area contributed by atoms with Crippen molar-refractivity contribution in [2.75, 3.05) is 7.11 Å². The first-order chi connectivity index (χ1) is 8.69. The van der Waals surface area contributed by atoms with Gasteiger partial charge >= 0.3 is 0 Å². The summed E-state index contributed by atoms with van der Waals surface area (Å²) in [6.07, 6.45) is 0.706. The van der Waals surface area contributed by atoms with Crippen LogP contribution in [-0.4, -0.2) is 7.11 Å². The summed E-state index contributed by atoms with van der Waals surface area (Å²) in [6.45, 7) is 0. The molecule has 0 radical (unpaired) electrons. The Labute approximate surface area is 111 Å². The van der Waals surface area contributed by atoms with Gasteiger partial charge in [-0.3, -0.25) is 0 Å². The van der Waals surface area contributed by atoms with Crippen LogP contribution in [0.1, 0.15) is 16.5 Å². The van der Waals surface area contributed by atoms with E-state index in [4.69, 9.17) is 16.3 Å². The van der Waals surface area contributed by atoms with Gasteiger partial charge in [0.05, 0.1) is 12.5 Å². The van der Waals surface area contributed by atoms with E-state index in [2.05, 4.69) is 0 Å². The molecule has 0 bridgehead atoms. The minimum atomic E-state index is -0.243. The van der Waals surface area contributed by atoms with E-state index in [0.29, 0.717) is 6.42 Å². The highest BCUT2D eigenvalue weighted by Crippen LogP contribution is 2.25. The summed E-state index contributed by atoms with van der Waals surface area (Å²) in [5.74, 6) is 0.582. The molecule has 1 unspecified atom stereocenters. The summed E-state index contributed by atoms with van der Waals surface area (Å²) in [4.78, 5) is 0. The Hall–Kier alpha value is -1.54. The lowest BCUT2D eigenvalue weighted by Crippen LogP contribution is -1.96. The van der Waals surface area contributed by atoms with Crippen molar-refractivity contribution in [3.05, 3.63) is 65.5 Å². The molecule has 0 amide bonds. The Morgan fingerprint density at radius 1 is 1.06 bits per heavy atom. The summed E-state index contributed by atoms with van der Waals surface area (Å²) in [5, 5.41) is -0.154. The molecule has 0 aliphatic rings. The molecule has 0 spiro atoms. The molecule has 94 valence electrons. The number of methoxy groups -OCH3 is 1. The molecular formula is C15H14ClFO. The number of halogens is 2. The minimum Gasteiger partial charge on any atom is -0.497 e. The normalized spacial score (nSPS) is 12.2. The highest BCUT2D eigenvalue weighted by molar-refractivity contribution is 6.20. The van der Waals surface area contributed by atoms with Crippen LogP contribution < -0.4 is 4.74 Å². The standard InChI is InChI=1S/C15H14ClFO/c1-18-14-8-2-11(3-9-14)10-15(16)12-4-6-13(17)7-5-12/h2-9,15H,10H2,1H3. The van der Waals surface area contributed by atoms with Gasteiger partial charge in [0.25, 0.3) is 0 Å². The first-order valence-electron chi connectivity index (χ1n) is 5.71. The Morgan fingerprint density at radius 2 is 1.67 bits per heavy atom. The van der Waals surface area contributed by atoms with E-state index >= 15 is 0 Å². The molecule has 2 aromatic carbocycles. The number of alkyl halides is 1. The zero-order chi connectivity index (χ0) is 13.0. The smallest absolute Gasteiger partial charge is 0.123 e. The van der Waals surface area contributed by atoms with Crippen molar-refractivity contribution in [2.45, 2.75) is 11.8 Å². The van der Waals surface area contributed by atoms with Gasteiger partial charge in [0.15, 0.2) is 0 Å². The molecule has 1 nitrogen and oxygen atoms in total. The van der Waals surface area contributed by atoms with Gasteiger partial charge in [-0.05, 0) is 41.8 Å². The molecule has 0 heterocycles. The molecule has 0 N–H and O–H groups in total. The third kappa shape index (κ3) is 3.23. The van der Waals surface area contributed by atoms with E-state index in [1.807, 2.05) is 24.3 Å². The highest BCUT2D eigenvalue weighted by atomic mass is 35.5. The Bertz CT molecular complexity index is 493. The van der Waals surface area contributed by atoms with E-state index in [1.165, 1.54) is 12.1 Å². The molecule has 18 heavy (non-hydrogen) atoms. The summed E-state index contributed by atoms with van der Waals surface area (Å²) in [6, 6.07) is 14.1. The summed E-state index contributed by atoms with van der Waals surface area (Å²) >= 11 is 6.31. The molecule has 3 heteroatoms. The number of benzene rings is 2. The predicted molar refractivity (Wildman–Crippen MR) is 71.7 cm³/mol. The predicted octanol–water partition coefficient (Wildman–Crippen LogP) is 4.36. The average Bonchev–Trinajstić information content (AvgIpc) is 2.40. The largest absolute Gasteiger partial charge is 0.497 e. The van der Waals surface area contributed by atoms with Gasteiger partial charge in [-0.25, -0.2) is 4.39 Å². The maximum atomic E-state index is 12.8. The second kappa shape index (κ2) is 5.87. The maximum Gasteiger partial charge on any atom is 0.123 e. The van der Waals surface area contributed by atoms with Gasteiger partial charge in [-0.15, -0.1) is 11.6 Å². The van der Waals surface area contributed by atoms with Gasteiger partial charge in [-0.1, -0.05) is 24.3 Å². The van der Waals surface area contributed by atoms with E-state index < -0.39 is 0 Å². The fourth-order valence-electron chi connectivity index (χ4n) is 1.76. The van der Waals surface area contributed by atoms with Crippen LogP contribution >= 0.6 is 11.6 Å². The summed E-state index contributed by atoms with van der Waals surface area (Å²) < 4.78 is 17.9. The minimum absolute atomic E-state index is 0.154. The molecule has 2 aromatic rings. The zero-order valence-electron chi connectivity index (χ0n) is 10.1. The number of rotatable bonds is 4. The summed E-state index contributed by atoms with van der Waals surface area (Å²) in [7, 11) is 1.64. The Balaban J connectivity index is 2.05. The zero-order valence-corrected chi connectivity index (χ0v) is 10.8. The van der Waals surface area contributed by atoms with Crippen molar-refractivity contribution < 1.29 is 9.13 Å². The van der Waals surface area contributed by atoms with Crippen molar-refractivity contribution in [2.24, 2.45) is 0 Å². The van der Waals surface area contributed by atoms with Crippen molar-refractivity contribution in [1.29, 1.82) is 0 Å². The lowest BCUT2D eigenvalue weighted by atomic mass is 10.0. The quantitative estimate of drug-likeness (QED) is 0.746. The van der Waals surface area contributed by atoms with Crippen molar-refractivity contribution >= 4 is 11.6 Å². The lowest BCUT2D eigenvalue weighted by molar-refractivity contribution is 0.414. The highest BCUT2D eigenvalue weighted by Gasteiger charge is 2.09. The van der Waals surface area contributed by atoms with E-state index in [9.17, 15) is 4.39 Å². The third-order valence-corrected chi connectivity index (χ3v) is 3.21. The van der Waals surface area contributed by atoms with Crippen molar-refractivity contribution in [3.63, 3.8) is 0 Å². The van der Waals surface area contributed by atoms with Crippen LogP contribution in [0.15, 0.2) is 48.5 Å². The Kier molecular flexibility index (Phi) is 4.21. The van der Waals surface area contributed by atoms with Gasteiger partial charge < -0.3 is 4.74 Å². The fraction of sp³-hybridized carbons (Fsp3) is 0.200. The monoisotopic (exact) mass is 264 g/mol. The number of hydrogen-bond acceptors (Lipinski definition) is 1. The molecular weight excluding hydrogens is 251 g/mol. The fourth-order valence-corrected chi connectivity index (χ4v) is 2.08. The molecule has 1 atom stereocenters. The van der Waals surface area contributed by atoms with Gasteiger partial charge in [0, 0.05) is 0 Å². The van der Waals surface area contributed by atoms with E-state index in [1.54, 1.807) is 19.2 Å². The van der Waals surface area contributed by atoms with Gasteiger partial charge in [0.2, 0.25) is 0 Å². The molecule has 0 aromatic heterocycles. The van der Waals surface area contributed by atoms with Crippen LogP contribution in [0.25, 0.3) is 0 Å². The Morgan fingerprint density at radius 3 is 2.22 bits per heavy atom. The maximum absolute atomic E-state index is 12.8. The summed E-state index contributed by atoms with van der Waals surface area (Å²) in [5.41, 5.74) is 2.05. The third-order valence-electron chi connectivity index (χ3n) is 2.81. The molecule has 0 fully saturated rings. The number of ether oxygens (including phenoxy) is 1. The van der Waals surface area contributed by atoms with Crippen LogP contribution in [-0.2, 0) is 6.42 Å². The van der Waals surface area contributed by atoms with Crippen LogP contribution in [0.5, 0.6) is 5.75 Å². The van der Waals surface area contributed by atoms with Crippen molar-refractivity contribution in [1.82, 2.24) is 0 Å².